The average molecular weight is 587 g/mol. The molecule has 0 saturated carbocycles. The third kappa shape index (κ3) is 11.7. The molecule has 0 saturated heterocycles. The zero-order valence-corrected chi connectivity index (χ0v) is 25.5. The van der Waals surface area contributed by atoms with E-state index in [9.17, 15) is 9.59 Å². The van der Waals surface area contributed by atoms with Gasteiger partial charge in [-0.3, -0.25) is 0 Å². The molecule has 0 radical (unpaired) electrons. The van der Waals surface area contributed by atoms with Gasteiger partial charge in [-0.25, -0.2) is 9.59 Å². The molecule has 0 unspecified atom stereocenters. The van der Waals surface area contributed by atoms with Gasteiger partial charge in [0.05, 0.1) is 0 Å². The van der Waals surface area contributed by atoms with Crippen LogP contribution in [-0.2, 0) is 25.7 Å². The first-order valence-corrected chi connectivity index (χ1v) is 14.3. The maximum absolute atomic E-state index is 11.8. The van der Waals surface area contributed by atoms with Crippen molar-refractivity contribution in [3.8, 4) is 11.1 Å². The van der Waals surface area contributed by atoms with Crippen molar-refractivity contribution in [3.05, 3.63) is 95.1 Å². The number of hydrogen-bond donors (Lipinski definition) is 2. The lowest BCUT2D eigenvalue weighted by atomic mass is 9.99. The molecule has 3 rings (SSSR count). The topological polar surface area (TPSA) is 136 Å². The summed E-state index contributed by atoms with van der Waals surface area (Å²) in [6.45, 7) is 1.60. The minimum Gasteiger partial charge on any atom is -0.380 e. The van der Waals surface area contributed by atoms with Gasteiger partial charge in [0, 0.05) is 24.0 Å². The van der Waals surface area contributed by atoms with Gasteiger partial charge in [0.2, 0.25) is 0 Å². The molecule has 43 heavy (non-hydrogen) atoms. The largest absolute Gasteiger partial charge is 0.380 e. The maximum atomic E-state index is 11.8. The fourth-order valence-corrected chi connectivity index (χ4v) is 4.15. The average Bonchev–Trinajstić information content (AvgIpc) is 2.99. The van der Waals surface area contributed by atoms with Crippen molar-refractivity contribution in [1.82, 2.24) is 9.80 Å². The minimum absolute atomic E-state index is 0.151. The second kappa shape index (κ2) is 16.8. The van der Waals surface area contributed by atoms with E-state index in [0.29, 0.717) is 24.0 Å². The van der Waals surface area contributed by atoms with E-state index in [1.165, 1.54) is 0 Å². The third-order valence-electron chi connectivity index (χ3n) is 6.59. The van der Waals surface area contributed by atoms with Crippen LogP contribution in [0.25, 0.3) is 11.1 Å². The van der Waals surface area contributed by atoms with E-state index in [1.54, 1.807) is 0 Å². The highest BCUT2D eigenvalue weighted by Gasteiger charge is 2.08. The highest BCUT2D eigenvalue weighted by molar-refractivity contribution is 5.98. The standard InChI is InChI=1S/C33H42N6O4/c1-38(2)21-5-7-30(40)42-36-32(34)28-15-11-25(12-16-28)23-24-9-13-26(14-10-24)27-17-19-29(20-18-27)33(35)37-43-31(41)8-6-22-39(3)4/h9-20H,5-8,21-23H2,1-4H3,(H2,34,36)(H2,35,37). The van der Waals surface area contributed by atoms with Crippen LogP contribution < -0.4 is 11.5 Å². The Bertz CT molecular complexity index is 1380. The van der Waals surface area contributed by atoms with Crippen molar-refractivity contribution >= 4 is 23.6 Å². The molecule has 0 atom stereocenters. The van der Waals surface area contributed by atoms with E-state index in [0.717, 1.165) is 41.8 Å². The molecule has 0 heterocycles. The monoisotopic (exact) mass is 586 g/mol. The molecule has 0 bridgehead atoms. The van der Waals surface area contributed by atoms with Crippen molar-refractivity contribution in [3.63, 3.8) is 0 Å². The van der Waals surface area contributed by atoms with Crippen molar-refractivity contribution in [2.75, 3.05) is 41.3 Å². The van der Waals surface area contributed by atoms with Crippen LogP contribution in [0.1, 0.15) is 47.9 Å². The van der Waals surface area contributed by atoms with E-state index >= 15 is 0 Å². The number of nitrogens with two attached hydrogens (primary N) is 2. The Labute approximate surface area is 253 Å². The molecule has 3 aromatic rings. The Morgan fingerprint density at radius 1 is 0.605 bits per heavy atom. The predicted molar refractivity (Wildman–Crippen MR) is 170 cm³/mol. The molecular formula is C33H42N6O4. The molecule has 0 aliphatic carbocycles. The fraction of sp³-hybridized carbons (Fsp3) is 0.333. The molecular weight excluding hydrogens is 544 g/mol. The number of carbonyl (C=O) groups is 2. The second-order valence-corrected chi connectivity index (χ2v) is 10.8. The molecule has 0 fully saturated rings. The van der Waals surface area contributed by atoms with Crippen molar-refractivity contribution in [2.24, 2.45) is 21.8 Å². The van der Waals surface area contributed by atoms with Gasteiger partial charge in [-0.2, -0.15) is 0 Å². The maximum Gasteiger partial charge on any atom is 0.335 e. The lowest BCUT2D eigenvalue weighted by Gasteiger charge is -2.08. The van der Waals surface area contributed by atoms with Crippen LogP contribution in [0.3, 0.4) is 0 Å². The van der Waals surface area contributed by atoms with Crippen LogP contribution >= 0.6 is 0 Å². The van der Waals surface area contributed by atoms with Crippen LogP contribution in [0, 0.1) is 0 Å². The van der Waals surface area contributed by atoms with Crippen LogP contribution in [0.15, 0.2) is 83.1 Å². The molecule has 228 valence electrons. The Morgan fingerprint density at radius 2 is 0.953 bits per heavy atom. The second-order valence-electron chi connectivity index (χ2n) is 10.8. The first kappa shape index (κ1) is 33.0. The van der Waals surface area contributed by atoms with Gasteiger partial charge in [-0.1, -0.05) is 83.1 Å². The van der Waals surface area contributed by atoms with Gasteiger partial charge in [-0.15, -0.1) is 0 Å². The van der Waals surface area contributed by atoms with Crippen molar-refractivity contribution < 1.29 is 19.3 Å². The molecule has 10 heteroatoms. The van der Waals surface area contributed by atoms with Gasteiger partial charge >= 0.3 is 11.9 Å². The van der Waals surface area contributed by atoms with Crippen LogP contribution in [0.4, 0.5) is 0 Å². The van der Waals surface area contributed by atoms with Gasteiger partial charge in [-0.05, 0) is 82.8 Å². The summed E-state index contributed by atoms with van der Waals surface area (Å²) in [7, 11) is 7.81. The van der Waals surface area contributed by atoms with Crippen LogP contribution in [-0.4, -0.2) is 74.7 Å². The molecule has 0 spiro atoms. The van der Waals surface area contributed by atoms with Gasteiger partial charge in [0.15, 0.2) is 11.7 Å². The highest BCUT2D eigenvalue weighted by atomic mass is 16.7. The van der Waals surface area contributed by atoms with E-state index in [-0.39, 0.29) is 24.5 Å². The Kier molecular flexibility index (Phi) is 12.9. The number of hydrogen-bond acceptors (Lipinski definition) is 8. The predicted octanol–water partition coefficient (Wildman–Crippen LogP) is 3.96. The van der Waals surface area contributed by atoms with E-state index < -0.39 is 11.9 Å². The number of benzene rings is 3. The van der Waals surface area contributed by atoms with E-state index in [2.05, 4.69) is 34.6 Å². The van der Waals surface area contributed by atoms with Gasteiger partial charge in [0.1, 0.15) is 0 Å². The number of carbonyl (C=O) groups excluding carboxylic acids is 2. The summed E-state index contributed by atoms with van der Waals surface area (Å²) in [6.07, 6.45) is 2.72. The first-order valence-electron chi connectivity index (χ1n) is 14.3. The summed E-state index contributed by atoms with van der Waals surface area (Å²) in [6, 6.07) is 23.6. The van der Waals surface area contributed by atoms with Crippen LogP contribution in [0.5, 0.6) is 0 Å². The summed E-state index contributed by atoms with van der Waals surface area (Å²) < 4.78 is 0. The summed E-state index contributed by atoms with van der Waals surface area (Å²) >= 11 is 0. The van der Waals surface area contributed by atoms with E-state index in [4.69, 9.17) is 21.1 Å². The quantitative estimate of drug-likeness (QED) is 0.118. The number of oxime groups is 2. The van der Waals surface area contributed by atoms with Gasteiger partial charge in [0.25, 0.3) is 0 Å². The molecule has 3 aromatic carbocycles. The number of nitrogens with zero attached hydrogens (tertiary/aromatic N) is 4. The minimum atomic E-state index is -0.403. The molecule has 4 N–H and O–H groups in total. The fourth-order valence-electron chi connectivity index (χ4n) is 4.15. The Hall–Kier alpha value is -4.54. The smallest absolute Gasteiger partial charge is 0.335 e. The normalized spacial score (nSPS) is 12.0. The summed E-state index contributed by atoms with van der Waals surface area (Å²) in [5.74, 6) is -0.492. The van der Waals surface area contributed by atoms with Crippen molar-refractivity contribution in [1.29, 1.82) is 0 Å². The molecule has 0 aliphatic rings. The lowest BCUT2D eigenvalue weighted by Crippen LogP contribution is -2.16. The molecule has 10 nitrogen and oxygen atoms in total. The number of amidine groups is 2. The zero-order valence-electron chi connectivity index (χ0n) is 25.5. The Morgan fingerprint density at radius 3 is 1.35 bits per heavy atom. The SMILES string of the molecule is CN(C)CCCC(=O)O/N=C(\N)c1ccc(Cc2ccc(-c3ccc(/C(N)=N\OC(=O)CCCN(C)C)cc3)cc2)cc1. The van der Waals surface area contributed by atoms with Gasteiger partial charge < -0.3 is 30.9 Å². The molecule has 0 aliphatic heterocycles. The lowest BCUT2D eigenvalue weighted by molar-refractivity contribution is -0.144. The molecule has 0 amide bonds. The van der Waals surface area contributed by atoms with E-state index in [1.807, 2.05) is 86.5 Å². The number of rotatable bonds is 15. The van der Waals surface area contributed by atoms with Crippen molar-refractivity contribution in [2.45, 2.75) is 32.1 Å². The molecule has 0 aromatic heterocycles. The van der Waals surface area contributed by atoms with Crippen LogP contribution in [0.2, 0.25) is 0 Å². The Balaban J connectivity index is 1.51. The summed E-state index contributed by atoms with van der Waals surface area (Å²) in [4.78, 5) is 37.6. The first-order chi connectivity index (χ1) is 20.6. The highest BCUT2D eigenvalue weighted by Crippen LogP contribution is 2.22. The summed E-state index contributed by atoms with van der Waals surface area (Å²) in [5, 5.41) is 7.57. The third-order valence-corrected chi connectivity index (χ3v) is 6.59. The summed E-state index contributed by atoms with van der Waals surface area (Å²) in [5.41, 5.74) is 17.7. The zero-order chi connectivity index (χ0) is 31.2.